The van der Waals surface area contributed by atoms with Gasteiger partial charge in [-0.3, -0.25) is 4.79 Å². The normalized spacial score (nSPS) is 20.7. The molecule has 0 spiro atoms. The lowest BCUT2D eigenvalue weighted by Gasteiger charge is -2.35. The van der Waals surface area contributed by atoms with Gasteiger partial charge in [-0.1, -0.05) is 12.8 Å². The van der Waals surface area contributed by atoms with Gasteiger partial charge in [-0.15, -0.1) is 5.10 Å². The Morgan fingerprint density at radius 2 is 2.08 bits per heavy atom. The van der Waals surface area contributed by atoms with Crippen LogP contribution in [-0.4, -0.2) is 51.4 Å². The fourth-order valence-corrected chi connectivity index (χ4v) is 3.29. The minimum atomic E-state index is -0.311. The summed E-state index contributed by atoms with van der Waals surface area (Å²) in [5.74, 6) is 1.03. The van der Waals surface area contributed by atoms with Crippen LogP contribution in [0, 0.1) is 18.7 Å². The van der Waals surface area contributed by atoms with Gasteiger partial charge in [0, 0.05) is 6.54 Å². The molecule has 4 rings (SSSR count). The van der Waals surface area contributed by atoms with E-state index in [0.717, 1.165) is 6.42 Å². The van der Waals surface area contributed by atoms with Crippen molar-refractivity contribution in [2.75, 3.05) is 19.8 Å². The third-order valence-electron chi connectivity index (χ3n) is 4.82. The molecular weight excluding hydrogens is 323 g/mol. The van der Waals surface area contributed by atoms with E-state index in [-0.39, 0.29) is 23.6 Å². The zero-order valence-corrected chi connectivity index (χ0v) is 14.2. The molecule has 0 radical (unpaired) electrons. The Labute approximate surface area is 145 Å². The summed E-state index contributed by atoms with van der Waals surface area (Å²) >= 11 is 0. The first-order valence-electron chi connectivity index (χ1n) is 8.70. The molecule has 2 aromatic rings. The number of aryl methyl sites for hydroxylation is 1. The molecule has 1 amide bonds. The third-order valence-corrected chi connectivity index (χ3v) is 4.82. The number of benzene rings is 1. The molecule has 1 saturated heterocycles. The number of amides is 1. The van der Waals surface area contributed by atoms with Crippen LogP contribution in [0.15, 0.2) is 24.3 Å². The van der Waals surface area contributed by atoms with Crippen molar-refractivity contribution in [3.05, 3.63) is 41.7 Å². The highest BCUT2D eigenvalue weighted by molar-refractivity contribution is 5.90. The molecule has 1 aliphatic carbocycles. The van der Waals surface area contributed by atoms with E-state index in [9.17, 15) is 9.18 Å². The van der Waals surface area contributed by atoms with Crippen molar-refractivity contribution >= 4 is 5.91 Å². The Morgan fingerprint density at radius 1 is 1.32 bits per heavy atom. The van der Waals surface area contributed by atoms with Gasteiger partial charge in [0.1, 0.15) is 11.6 Å². The molecule has 1 aliphatic heterocycles. The zero-order valence-electron chi connectivity index (χ0n) is 14.2. The van der Waals surface area contributed by atoms with E-state index in [4.69, 9.17) is 4.74 Å². The van der Waals surface area contributed by atoms with Crippen LogP contribution < -0.4 is 0 Å². The molecule has 1 saturated carbocycles. The highest BCUT2D eigenvalue weighted by Crippen LogP contribution is 2.35. The summed E-state index contributed by atoms with van der Waals surface area (Å²) in [7, 11) is 0. The van der Waals surface area contributed by atoms with E-state index in [1.165, 1.54) is 25.0 Å². The van der Waals surface area contributed by atoms with Gasteiger partial charge in [-0.25, -0.2) is 14.1 Å². The van der Waals surface area contributed by atoms with Crippen molar-refractivity contribution in [3.63, 3.8) is 0 Å². The molecule has 6 nitrogen and oxygen atoms in total. The Bertz CT molecular complexity index is 770. The van der Waals surface area contributed by atoms with Crippen LogP contribution in [0.4, 0.5) is 4.39 Å². The molecule has 1 unspecified atom stereocenters. The lowest BCUT2D eigenvalue weighted by Crippen LogP contribution is -2.49. The first-order valence-corrected chi connectivity index (χ1v) is 8.70. The van der Waals surface area contributed by atoms with Crippen LogP contribution in [0.1, 0.15) is 35.7 Å². The minimum Gasteiger partial charge on any atom is -0.377 e. The van der Waals surface area contributed by atoms with Crippen LogP contribution in [0.5, 0.6) is 0 Å². The Hall–Kier alpha value is -2.28. The predicted octanol–water partition coefficient (Wildman–Crippen LogP) is 2.36. The Kier molecular flexibility index (Phi) is 4.25. The van der Waals surface area contributed by atoms with Crippen LogP contribution >= 0.6 is 0 Å². The quantitative estimate of drug-likeness (QED) is 0.854. The van der Waals surface area contributed by atoms with Crippen molar-refractivity contribution in [3.8, 4) is 5.69 Å². The lowest BCUT2D eigenvalue weighted by molar-refractivity contribution is -0.00631. The number of carbonyl (C=O) groups is 1. The van der Waals surface area contributed by atoms with Gasteiger partial charge >= 0.3 is 0 Å². The standard InChI is InChI=1S/C18H21FN4O2/c1-12-20-17(21-23(12)15-6-4-14(19)5-7-15)18(24)22-8-9-25-11-16(22)10-13-2-3-13/h4-7,13,16H,2-3,8-11H2,1H3. The fourth-order valence-electron chi connectivity index (χ4n) is 3.29. The molecule has 25 heavy (non-hydrogen) atoms. The summed E-state index contributed by atoms with van der Waals surface area (Å²) in [4.78, 5) is 19.1. The molecule has 7 heteroatoms. The average Bonchev–Trinajstić information content (AvgIpc) is 3.35. The maximum absolute atomic E-state index is 13.1. The third kappa shape index (κ3) is 3.42. The second kappa shape index (κ2) is 6.55. The smallest absolute Gasteiger partial charge is 0.293 e. The van der Waals surface area contributed by atoms with E-state index >= 15 is 0 Å². The summed E-state index contributed by atoms with van der Waals surface area (Å²) in [6.07, 6.45) is 3.48. The maximum Gasteiger partial charge on any atom is 0.293 e. The number of hydrogen-bond acceptors (Lipinski definition) is 4. The molecule has 1 atom stereocenters. The van der Waals surface area contributed by atoms with Crippen LogP contribution in [0.2, 0.25) is 0 Å². The van der Waals surface area contributed by atoms with E-state index in [1.54, 1.807) is 23.7 Å². The van der Waals surface area contributed by atoms with E-state index in [2.05, 4.69) is 10.1 Å². The monoisotopic (exact) mass is 344 g/mol. The second-order valence-corrected chi connectivity index (χ2v) is 6.78. The topological polar surface area (TPSA) is 60.3 Å². The number of halogens is 1. The number of rotatable bonds is 4. The van der Waals surface area contributed by atoms with Crippen LogP contribution in [0.25, 0.3) is 5.69 Å². The number of hydrogen-bond donors (Lipinski definition) is 0. The van der Waals surface area contributed by atoms with Crippen LogP contribution in [0.3, 0.4) is 0 Å². The number of morpholine rings is 1. The SMILES string of the molecule is Cc1nc(C(=O)N2CCOCC2CC2CC2)nn1-c1ccc(F)cc1. The number of ether oxygens (including phenoxy) is 1. The Morgan fingerprint density at radius 3 is 2.80 bits per heavy atom. The molecule has 132 valence electrons. The average molecular weight is 344 g/mol. The zero-order chi connectivity index (χ0) is 17.4. The van der Waals surface area contributed by atoms with Crippen molar-refractivity contribution in [1.82, 2.24) is 19.7 Å². The first-order chi connectivity index (χ1) is 12.1. The number of carbonyl (C=O) groups excluding carboxylic acids is 1. The summed E-state index contributed by atoms with van der Waals surface area (Å²) in [5.41, 5.74) is 0.682. The van der Waals surface area contributed by atoms with E-state index in [0.29, 0.717) is 37.2 Å². The summed E-state index contributed by atoms with van der Waals surface area (Å²) in [6, 6.07) is 6.08. The molecule has 2 heterocycles. The van der Waals surface area contributed by atoms with Crippen molar-refractivity contribution in [2.24, 2.45) is 5.92 Å². The molecule has 2 aliphatic rings. The minimum absolute atomic E-state index is 0.104. The van der Waals surface area contributed by atoms with Gasteiger partial charge in [-0.05, 0) is 43.5 Å². The van der Waals surface area contributed by atoms with Gasteiger partial charge in [0.2, 0.25) is 5.82 Å². The number of aromatic nitrogens is 3. The van der Waals surface area contributed by atoms with Crippen molar-refractivity contribution in [2.45, 2.75) is 32.2 Å². The maximum atomic E-state index is 13.1. The molecule has 0 N–H and O–H groups in total. The first kappa shape index (κ1) is 16.2. The largest absolute Gasteiger partial charge is 0.377 e. The summed E-state index contributed by atoms with van der Waals surface area (Å²) in [6.45, 7) is 3.49. The highest BCUT2D eigenvalue weighted by atomic mass is 19.1. The van der Waals surface area contributed by atoms with Gasteiger partial charge in [0.15, 0.2) is 0 Å². The van der Waals surface area contributed by atoms with Gasteiger partial charge < -0.3 is 9.64 Å². The fraction of sp³-hybridized carbons (Fsp3) is 0.500. The molecule has 1 aromatic heterocycles. The van der Waals surface area contributed by atoms with Crippen molar-refractivity contribution < 1.29 is 13.9 Å². The molecule has 2 fully saturated rings. The molecule has 1 aromatic carbocycles. The second-order valence-electron chi connectivity index (χ2n) is 6.78. The van der Waals surface area contributed by atoms with Gasteiger partial charge in [0.05, 0.1) is 24.9 Å². The van der Waals surface area contributed by atoms with Gasteiger partial charge in [-0.2, -0.15) is 0 Å². The lowest BCUT2D eigenvalue weighted by atomic mass is 10.1. The molecular formula is C18H21FN4O2. The van der Waals surface area contributed by atoms with Crippen molar-refractivity contribution in [1.29, 1.82) is 0 Å². The predicted molar refractivity (Wildman–Crippen MR) is 89.0 cm³/mol. The highest BCUT2D eigenvalue weighted by Gasteiger charge is 2.35. The number of nitrogens with zero attached hydrogens (tertiary/aromatic N) is 4. The summed E-state index contributed by atoms with van der Waals surface area (Å²) < 4.78 is 20.2. The molecule has 0 bridgehead atoms. The Balaban J connectivity index is 1.57. The van der Waals surface area contributed by atoms with E-state index in [1.807, 2.05) is 4.90 Å². The van der Waals surface area contributed by atoms with Gasteiger partial charge in [0.25, 0.3) is 5.91 Å². The van der Waals surface area contributed by atoms with Crippen LogP contribution in [-0.2, 0) is 4.74 Å². The summed E-state index contributed by atoms with van der Waals surface area (Å²) in [5, 5.41) is 4.37. The van der Waals surface area contributed by atoms with E-state index < -0.39 is 0 Å².